The van der Waals surface area contributed by atoms with Crippen molar-refractivity contribution in [2.24, 2.45) is 0 Å². The third kappa shape index (κ3) is 3.47. The number of thiophene rings is 1. The number of aromatic nitrogens is 2. The van der Waals surface area contributed by atoms with Crippen LogP contribution >= 0.6 is 11.3 Å². The van der Waals surface area contributed by atoms with E-state index in [0.29, 0.717) is 0 Å². The van der Waals surface area contributed by atoms with Gasteiger partial charge in [-0.25, -0.2) is 0 Å². The predicted octanol–water partition coefficient (Wildman–Crippen LogP) is 2.09. The van der Waals surface area contributed by atoms with Gasteiger partial charge in [-0.05, 0) is 30.9 Å². The lowest BCUT2D eigenvalue weighted by molar-refractivity contribution is 0.554. The summed E-state index contributed by atoms with van der Waals surface area (Å²) in [6.45, 7) is 4.98. The van der Waals surface area contributed by atoms with Crippen LogP contribution in [0.4, 0.5) is 0 Å². The van der Waals surface area contributed by atoms with E-state index < -0.39 is 0 Å². The lowest BCUT2D eigenvalue weighted by Gasteiger charge is -2.03. The molecule has 2 rings (SSSR count). The summed E-state index contributed by atoms with van der Waals surface area (Å²) in [6.07, 6.45) is 3.14. The van der Waals surface area contributed by atoms with Crippen LogP contribution in [0.5, 0.6) is 0 Å². The first kappa shape index (κ1) is 11.4. The molecule has 0 aliphatic carbocycles. The molecular formula is C12H17N3S. The third-order valence-electron chi connectivity index (χ3n) is 2.42. The molecular weight excluding hydrogens is 218 g/mol. The van der Waals surface area contributed by atoms with Crippen molar-refractivity contribution >= 4 is 11.3 Å². The fourth-order valence-electron chi connectivity index (χ4n) is 1.57. The zero-order valence-electron chi connectivity index (χ0n) is 9.52. The molecule has 0 aromatic carbocycles. The second kappa shape index (κ2) is 5.82. The highest BCUT2D eigenvalue weighted by molar-refractivity contribution is 7.09. The van der Waals surface area contributed by atoms with Gasteiger partial charge in [0, 0.05) is 24.2 Å². The van der Waals surface area contributed by atoms with Gasteiger partial charge in [0.05, 0.1) is 12.2 Å². The van der Waals surface area contributed by atoms with E-state index in [2.05, 4.69) is 27.9 Å². The average Bonchev–Trinajstić information content (AvgIpc) is 2.89. The first-order valence-electron chi connectivity index (χ1n) is 5.58. The molecule has 2 aromatic heterocycles. The largest absolute Gasteiger partial charge is 0.315 e. The van der Waals surface area contributed by atoms with Crippen LogP contribution in [-0.4, -0.2) is 22.9 Å². The summed E-state index contributed by atoms with van der Waals surface area (Å²) in [5, 5.41) is 9.89. The molecule has 0 atom stereocenters. The van der Waals surface area contributed by atoms with Crippen LogP contribution < -0.4 is 5.32 Å². The van der Waals surface area contributed by atoms with Gasteiger partial charge in [0.2, 0.25) is 0 Å². The predicted molar refractivity (Wildman–Crippen MR) is 67.9 cm³/mol. The zero-order valence-corrected chi connectivity index (χ0v) is 10.3. The Bertz CT molecular complexity index is 406. The van der Waals surface area contributed by atoms with Gasteiger partial charge in [-0.1, -0.05) is 6.07 Å². The Hall–Kier alpha value is -1.13. The Labute approximate surface area is 100 Å². The van der Waals surface area contributed by atoms with Gasteiger partial charge in [-0.15, -0.1) is 11.3 Å². The van der Waals surface area contributed by atoms with Crippen LogP contribution in [0.2, 0.25) is 0 Å². The highest BCUT2D eigenvalue weighted by Crippen LogP contribution is 2.07. The zero-order chi connectivity index (χ0) is 11.2. The highest BCUT2D eigenvalue weighted by Gasteiger charge is 1.95. The molecule has 0 bridgehead atoms. The van der Waals surface area contributed by atoms with E-state index >= 15 is 0 Å². The molecule has 4 heteroatoms. The van der Waals surface area contributed by atoms with Crippen LogP contribution in [0.15, 0.2) is 29.8 Å². The van der Waals surface area contributed by atoms with Crippen molar-refractivity contribution in [3.63, 3.8) is 0 Å². The third-order valence-corrected chi connectivity index (χ3v) is 3.36. The maximum atomic E-state index is 4.34. The Morgan fingerprint density at radius 3 is 3.00 bits per heavy atom. The molecule has 1 N–H and O–H groups in total. The number of aryl methyl sites for hydroxylation is 1. The first-order chi connectivity index (χ1) is 7.84. The van der Waals surface area contributed by atoms with Crippen molar-refractivity contribution in [3.8, 4) is 0 Å². The topological polar surface area (TPSA) is 29.9 Å². The van der Waals surface area contributed by atoms with Gasteiger partial charge < -0.3 is 5.32 Å². The van der Waals surface area contributed by atoms with Gasteiger partial charge in [-0.2, -0.15) is 5.10 Å². The molecule has 0 fully saturated rings. The molecule has 3 nitrogen and oxygen atoms in total. The van der Waals surface area contributed by atoms with E-state index in [1.54, 1.807) is 0 Å². The van der Waals surface area contributed by atoms with Gasteiger partial charge in [0.15, 0.2) is 0 Å². The maximum Gasteiger partial charge on any atom is 0.0593 e. The van der Waals surface area contributed by atoms with Crippen LogP contribution in [0.1, 0.15) is 10.6 Å². The normalized spacial score (nSPS) is 10.8. The van der Waals surface area contributed by atoms with E-state index in [9.17, 15) is 0 Å². The number of nitrogens with one attached hydrogen (secondary N) is 1. The second-order valence-electron chi connectivity index (χ2n) is 3.80. The monoisotopic (exact) mass is 235 g/mol. The molecule has 0 saturated carbocycles. The van der Waals surface area contributed by atoms with Gasteiger partial charge in [0.1, 0.15) is 0 Å². The van der Waals surface area contributed by atoms with E-state index in [4.69, 9.17) is 0 Å². The molecule has 2 heterocycles. The number of hydrogen-bond donors (Lipinski definition) is 1. The SMILES string of the molecule is Cc1ccn(CCNCCc2cccs2)n1. The summed E-state index contributed by atoms with van der Waals surface area (Å²) in [5.74, 6) is 0. The van der Waals surface area contributed by atoms with Crippen molar-refractivity contribution in [1.29, 1.82) is 0 Å². The minimum absolute atomic E-state index is 0.943. The summed E-state index contributed by atoms with van der Waals surface area (Å²) in [7, 11) is 0. The van der Waals surface area contributed by atoms with Crippen LogP contribution in [0.3, 0.4) is 0 Å². The van der Waals surface area contributed by atoms with Crippen molar-refractivity contribution in [2.75, 3.05) is 13.1 Å². The van der Waals surface area contributed by atoms with Crippen molar-refractivity contribution < 1.29 is 0 Å². The molecule has 86 valence electrons. The molecule has 0 spiro atoms. The van der Waals surface area contributed by atoms with Crippen molar-refractivity contribution in [2.45, 2.75) is 19.9 Å². The number of rotatable bonds is 6. The van der Waals surface area contributed by atoms with Crippen molar-refractivity contribution in [3.05, 3.63) is 40.3 Å². The molecule has 0 aliphatic rings. The van der Waals surface area contributed by atoms with E-state index in [1.165, 1.54) is 4.88 Å². The van der Waals surface area contributed by atoms with Crippen LogP contribution in [0, 0.1) is 6.92 Å². The summed E-state index contributed by atoms with van der Waals surface area (Å²) < 4.78 is 1.98. The Morgan fingerprint density at radius 1 is 1.38 bits per heavy atom. The molecule has 0 amide bonds. The van der Waals surface area contributed by atoms with E-state index in [1.807, 2.05) is 35.2 Å². The minimum atomic E-state index is 0.943. The average molecular weight is 235 g/mol. The van der Waals surface area contributed by atoms with E-state index in [0.717, 1.165) is 31.7 Å². The van der Waals surface area contributed by atoms with Gasteiger partial charge in [0.25, 0.3) is 0 Å². The van der Waals surface area contributed by atoms with Crippen LogP contribution in [0.25, 0.3) is 0 Å². The fourth-order valence-corrected chi connectivity index (χ4v) is 2.28. The molecule has 0 unspecified atom stereocenters. The summed E-state index contributed by atoms with van der Waals surface area (Å²) in [5.41, 5.74) is 1.08. The first-order valence-corrected chi connectivity index (χ1v) is 6.46. The standard InChI is InChI=1S/C12H17N3S/c1-11-5-8-15(14-11)9-7-13-6-4-12-3-2-10-16-12/h2-3,5,8,10,13H,4,6-7,9H2,1H3. The molecule has 16 heavy (non-hydrogen) atoms. The van der Waals surface area contributed by atoms with Gasteiger partial charge >= 0.3 is 0 Å². The summed E-state index contributed by atoms with van der Waals surface area (Å²) in [4.78, 5) is 1.45. The lowest BCUT2D eigenvalue weighted by atomic mass is 10.3. The summed E-state index contributed by atoms with van der Waals surface area (Å²) >= 11 is 1.82. The minimum Gasteiger partial charge on any atom is -0.315 e. The van der Waals surface area contributed by atoms with Crippen molar-refractivity contribution in [1.82, 2.24) is 15.1 Å². The van der Waals surface area contributed by atoms with E-state index in [-0.39, 0.29) is 0 Å². The second-order valence-corrected chi connectivity index (χ2v) is 4.83. The molecule has 0 aliphatic heterocycles. The van der Waals surface area contributed by atoms with Crippen LogP contribution in [-0.2, 0) is 13.0 Å². The lowest BCUT2D eigenvalue weighted by Crippen LogP contribution is -2.22. The number of nitrogens with zero attached hydrogens (tertiary/aromatic N) is 2. The smallest absolute Gasteiger partial charge is 0.0593 e. The molecule has 0 radical (unpaired) electrons. The Kier molecular flexibility index (Phi) is 4.13. The Morgan fingerprint density at radius 2 is 2.31 bits per heavy atom. The fraction of sp³-hybridized carbons (Fsp3) is 0.417. The Balaban J connectivity index is 1.59. The number of hydrogen-bond acceptors (Lipinski definition) is 3. The highest BCUT2D eigenvalue weighted by atomic mass is 32.1. The van der Waals surface area contributed by atoms with Gasteiger partial charge in [-0.3, -0.25) is 4.68 Å². The quantitative estimate of drug-likeness (QED) is 0.777. The summed E-state index contributed by atoms with van der Waals surface area (Å²) in [6, 6.07) is 6.32. The maximum absolute atomic E-state index is 4.34. The molecule has 2 aromatic rings. The molecule has 0 saturated heterocycles.